The van der Waals surface area contributed by atoms with Crippen LogP contribution in [0.4, 0.5) is 5.82 Å². The highest BCUT2D eigenvalue weighted by atomic mass is 16.5. The predicted octanol–water partition coefficient (Wildman–Crippen LogP) is 4.88. The zero-order valence-electron chi connectivity index (χ0n) is 15.8. The summed E-state index contributed by atoms with van der Waals surface area (Å²) in [6.45, 7) is 7.97. The molecule has 136 valence electrons. The normalized spacial score (nSPS) is 12.8. The van der Waals surface area contributed by atoms with Crippen molar-refractivity contribution in [2.75, 3.05) is 12.4 Å². The van der Waals surface area contributed by atoms with Gasteiger partial charge in [-0.15, -0.1) is 0 Å². The third kappa shape index (κ3) is 3.57. The quantitative estimate of drug-likeness (QED) is 0.727. The van der Waals surface area contributed by atoms with Crippen molar-refractivity contribution in [1.29, 1.82) is 0 Å². The van der Waals surface area contributed by atoms with Crippen LogP contribution >= 0.6 is 0 Å². The molecule has 0 spiro atoms. The Hall–Kier alpha value is -2.82. The maximum absolute atomic E-state index is 12.6. The van der Waals surface area contributed by atoms with Gasteiger partial charge in [0.15, 0.2) is 5.82 Å². The lowest BCUT2D eigenvalue weighted by Gasteiger charge is -2.13. The molecule has 3 aromatic rings. The summed E-state index contributed by atoms with van der Waals surface area (Å²) in [7, 11) is 1.66. The van der Waals surface area contributed by atoms with Gasteiger partial charge in [-0.1, -0.05) is 56.3 Å². The first-order chi connectivity index (χ1) is 12.3. The highest BCUT2D eigenvalue weighted by Gasteiger charge is 2.22. The number of aromatic nitrogens is 1. The fourth-order valence-electron chi connectivity index (χ4n) is 2.79. The summed E-state index contributed by atoms with van der Waals surface area (Å²) in [6, 6.07) is 13.6. The van der Waals surface area contributed by atoms with E-state index < -0.39 is 0 Å². The Balaban J connectivity index is 1.80. The van der Waals surface area contributed by atoms with Crippen LogP contribution in [0.5, 0.6) is 5.75 Å². The molecule has 0 radical (unpaired) electrons. The number of amides is 1. The number of ether oxygens (including phenoxy) is 1. The zero-order chi connectivity index (χ0) is 18.9. The SMILES string of the molecule is COc1cccc2cc([C@H](C)C(=O)Nc3cc(C(C)(C)C)on3)ccc12. The molecule has 1 amide bonds. The summed E-state index contributed by atoms with van der Waals surface area (Å²) >= 11 is 0. The number of carbonyl (C=O) groups is 1. The van der Waals surface area contributed by atoms with E-state index in [-0.39, 0.29) is 17.2 Å². The van der Waals surface area contributed by atoms with Crippen LogP contribution in [0.25, 0.3) is 10.8 Å². The second-order valence-corrected chi connectivity index (χ2v) is 7.48. The van der Waals surface area contributed by atoms with Crippen molar-refractivity contribution < 1.29 is 14.1 Å². The average molecular weight is 352 g/mol. The van der Waals surface area contributed by atoms with E-state index >= 15 is 0 Å². The first kappa shape index (κ1) is 18.0. The van der Waals surface area contributed by atoms with E-state index in [0.717, 1.165) is 27.8 Å². The molecule has 0 saturated carbocycles. The minimum absolute atomic E-state index is 0.124. The summed E-state index contributed by atoms with van der Waals surface area (Å²) in [6.07, 6.45) is 0. The minimum atomic E-state index is -0.319. The van der Waals surface area contributed by atoms with Crippen LogP contribution in [-0.2, 0) is 10.2 Å². The summed E-state index contributed by atoms with van der Waals surface area (Å²) < 4.78 is 10.7. The number of methoxy groups -OCH3 is 1. The Morgan fingerprint density at radius 1 is 1.19 bits per heavy atom. The molecule has 1 heterocycles. The highest BCUT2D eigenvalue weighted by Crippen LogP contribution is 2.29. The fourth-order valence-corrected chi connectivity index (χ4v) is 2.79. The third-order valence-corrected chi connectivity index (χ3v) is 4.48. The van der Waals surface area contributed by atoms with Crippen LogP contribution in [0.15, 0.2) is 47.0 Å². The van der Waals surface area contributed by atoms with Gasteiger partial charge in [0.1, 0.15) is 11.5 Å². The lowest BCUT2D eigenvalue weighted by Crippen LogP contribution is -2.19. The Morgan fingerprint density at radius 3 is 2.62 bits per heavy atom. The molecule has 5 heteroatoms. The van der Waals surface area contributed by atoms with Crippen molar-refractivity contribution >= 4 is 22.5 Å². The molecule has 0 bridgehead atoms. The van der Waals surface area contributed by atoms with Gasteiger partial charge in [-0.25, -0.2) is 0 Å². The largest absolute Gasteiger partial charge is 0.496 e. The van der Waals surface area contributed by atoms with E-state index in [0.29, 0.717) is 5.82 Å². The van der Waals surface area contributed by atoms with Crippen LogP contribution in [0.2, 0.25) is 0 Å². The van der Waals surface area contributed by atoms with Gasteiger partial charge in [0, 0.05) is 16.9 Å². The van der Waals surface area contributed by atoms with Gasteiger partial charge in [-0.05, 0) is 23.9 Å². The molecular formula is C21H24N2O3. The standard InChI is InChI=1S/C21H24N2O3/c1-13(20(24)22-19-12-18(26-23-19)21(2,3)4)14-9-10-16-15(11-14)7-6-8-17(16)25-5/h6-13H,1-5H3,(H,22,23,24)/t13-/m0/s1. The molecule has 0 unspecified atom stereocenters. The number of nitrogens with one attached hydrogen (secondary N) is 1. The summed E-state index contributed by atoms with van der Waals surface area (Å²) in [4.78, 5) is 12.6. The first-order valence-electron chi connectivity index (χ1n) is 8.64. The van der Waals surface area contributed by atoms with Crippen molar-refractivity contribution in [3.8, 4) is 5.75 Å². The predicted molar refractivity (Wildman–Crippen MR) is 103 cm³/mol. The lowest BCUT2D eigenvalue weighted by molar-refractivity contribution is -0.117. The molecule has 0 fully saturated rings. The Labute approximate surface area is 153 Å². The molecule has 1 aromatic heterocycles. The molecule has 1 atom stereocenters. The van der Waals surface area contributed by atoms with Crippen molar-refractivity contribution in [3.05, 3.63) is 53.8 Å². The van der Waals surface area contributed by atoms with Gasteiger partial charge in [0.2, 0.25) is 5.91 Å². The van der Waals surface area contributed by atoms with Crippen LogP contribution < -0.4 is 10.1 Å². The smallest absolute Gasteiger partial charge is 0.232 e. The highest BCUT2D eigenvalue weighted by molar-refractivity contribution is 5.96. The summed E-state index contributed by atoms with van der Waals surface area (Å²) in [5.41, 5.74) is 0.779. The number of hydrogen-bond donors (Lipinski definition) is 1. The van der Waals surface area contributed by atoms with Crippen molar-refractivity contribution in [1.82, 2.24) is 5.16 Å². The van der Waals surface area contributed by atoms with Crippen molar-refractivity contribution in [3.63, 3.8) is 0 Å². The Kier molecular flexibility index (Phi) is 4.72. The van der Waals surface area contributed by atoms with E-state index in [1.165, 1.54) is 0 Å². The molecule has 0 aliphatic heterocycles. The van der Waals surface area contributed by atoms with E-state index in [1.807, 2.05) is 64.1 Å². The average Bonchev–Trinajstić information content (AvgIpc) is 3.08. The Morgan fingerprint density at radius 2 is 1.96 bits per heavy atom. The fraction of sp³-hybridized carbons (Fsp3) is 0.333. The third-order valence-electron chi connectivity index (χ3n) is 4.48. The first-order valence-corrected chi connectivity index (χ1v) is 8.64. The van der Waals surface area contributed by atoms with Crippen LogP contribution in [0, 0.1) is 0 Å². The minimum Gasteiger partial charge on any atom is -0.496 e. The lowest BCUT2D eigenvalue weighted by atomic mass is 9.93. The monoisotopic (exact) mass is 352 g/mol. The Bertz CT molecular complexity index is 938. The summed E-state index contributed by atoms with van der Waals surface area (Å²) in [5, 5.41) is 8.85. The van der Waals surface area contributed by atoms with Gasteiger partial charge < -0.3 is 14.6 Å². The summed E-state index contributed by atoms with van der Waals surface area (Å²) in [5.74, 6) is 1.55. The topological polar surface area (TPSA) is 64.4 Å². The van der Waals surface area contributed by atoms with Gasteiger partial charge in [-0.2, -0.15) is 0 Å². The zero-order valence-corrected chi connectivity index (χ0v) is 15.8. The number of nitrogens with zero attached hydrogens (tertiary/aromatic N) is 1. The second kappa shape index (κ2) is 6.83. The van der Waals surface area contributed by atoms with Crippen molar-refractivity contribution in [2.45, 2.75) is 39.0 Å². The molecule has 2 aromatic carbocycles. The number of benzene rings is 2. The number of hydrogen-bond acceptors (Lipinski definition) is 4. The molecule has 26 heavy (non-hydrogen) atoms. The molecule has 1 N–H and O–H groups in total. The maximum Gasteiger partial charge on any atom is 0.232 e. The number of fused-ring (bicyclic) bond motifs is 1. The molecular weight excluding hydrogens is 328 g/mol. The van der Waals surface area contributed by atoms with Crippen LogP contribution in [0.3, 0.4) is 0 Å². The van der Waals surface area contributed by atoms with Gasteiger partial charge in [0.05, 0.1) is 13.0 Å². The number of anilines is 1. The number of rotatable bonds is 4. The van der Waals surface area contributed by atoms with Crippen LogP contribution in [0.1, 0.15) is 44.9 Å². The van der Waals surface area contributed by atoms with Gasteiger partial charge in [0.25, 0.3) is 0 Å². The molecule has 0 aliphatic rings. The number of carbonyl (C=O) groups excluding carboxylic acids is 1. The van der Waals surface area contributed by atoms with E-state index in [2.05, 4.69) is 10.5 Å². The van der Waals surface area contributed by atoms with E-state index in [1.54, 1.807) is 13.2 Å². The molecule has 0 aliphatic carbocycles. The second-order valence-electron chi connectivity index (χ2n) is 7.48. The van der Waals surface area contributed by atoms with Crippen molar-refractivity contribution in [2.24, 2.45) is 0 Å². The molecule has 0 saturated heterocycles. The molecule has 3 rings (SSSR count). The van der Waals surface area contributed by atoms with Gasteiger partial charge in [-0.3, -0.25) is 4.79 Å². The van der Waals surface area contributed by atoms with Gasteiger partial charge >= 0.3 is 0 Å². The van der Waals surface area contributed by atoms with E-state index in [9.17, 15) is 4.79 Å². The molecule has 5 nitrogen and oxygen atoms in total. The van der Waals surface area contributed by atoms with Crippen LogP contribution in [-0.4, -0.2) is 18.2 Å². The maximum atomic E-state index is 12.6. The van der Waals surface area contributed by atoms with E-state index in [4.69, 9.17) is 9.26 Å².